The molecule has 2 aromatic rings. The van der Waals surface area contributed by atoms with Gasteiger partial charge < -0.3 is 9.73 Å². The largest absolute Gasteiger partial charge is 0.441 e. The first-order valence-electron chi connectivity index (χ1n) is 9.31. The maximum absolute atomic E-state index is 13.8. The fraction of sp³-hybridized carbons (Fsp3) is 0.500. The van der Waals surface area contributed by atoms with Gasteiger partial charge in [-0.15, -0.1) is 0 Å². The first kappa shape index (κ1) is 18.5. The maximum atomic E-state index is 13.8. The minimum absolute atomic E-state index is 0.0108. The Morgan fingerprint density at radius 3 is 2.62 bits per heavy atom. The Balaban J connectivity index is 1.51. The molecular weight excluding hydrogens is 338 g/mol. The normalized spacial score (nSPS) is 16.1. The molecule has 3 rings (SSSR count). The molecule has 140 valence electrons. The smallest absolute Gasteiger partial charge is 0.220 e. The van der Waals surface area contributed by atoms with E-state index >= 15 is 0 Å². The number of nitrogens with zero attached hydrogens (tertiary/aromatic N) is 1. The molecule has 1 aliphatic rings. The number of aromatic nitrogens is 1. The van der Waals surface area contributed by atoms with Crippen molar-refractivity contribution in [3.8, 4) is 11.3 Å². The van der Waals surface area contributed by atoms with Gasteiger partial charge in [-0.25, -0.2) is 13.8 Å². The highest BCUT2D eigenvalue weighted by Gasteiger charge is 2.16. The van der Waals surface area contributed by atoms with E-state index in [1.807, 2.05) is 0 Å². The Morgan fingerprint density at radius 2 is 1.88 bits per heavy atom. The molecule has 0 radical (unpaired) electrons. The van der Waals surface area contributed by atoms with E-state index in [2.05, 4.69) is 10.3 Å². The summed E-state index contributed by atoms with van der Waals surface area (Å²) in [7, 11) is 0. The number of nitrogens with one attached hydrogen (secondary N) is 1. The van der Waals surface area contributed by atoms with E-state index < -0.39 is 11.6 Å². The number of amides is 1. The highest BCUT2D eigenvalue weighted by Crippen LogP contribution is 2.24. The zero-order valence-corrected chi connectivity index (χ0v) is 14.8. The van der Waals surface area contributed by atoms with Gasteiger partial charge >= 0.3 is 0 Å². The summed E-state index contributed by atoms with van der Waals surface area (Å²) < 4.78 is 32.3. The zero-order valence-electron chi connectivity index (χ0n) is 14.8. The number of hydrogen-bond donors (Lipinski definition) is 1. The summed E-state index contributed by atoms with van der Waals surface area (Å²) in [6, 6.07) is 3.55. The van der Waals surface area contributed by atoms with Crippen molar-refractivity contribution in [2.24, 2.45) is 0 Å². The maximum Gasteiger partial charge on any atom is 0.220 e. The summed E-state index contributed by atoms with van der Waals surface area (Å²) in [6.45, 7) is 0. The standard InChI is InChI=1S/C20H24F2N2O2/c21-14-8-9-16(17(22)12-14)18-13-23-20(26-18)11-10-19(25)24-15-6-4-2-1-3-5-7-15/h8-9,12-13,15H,1-7,10-11H2,(H,24,25). The number of aryl methyl sites for hydroxylation is 1. The van der Waals surface area contributed by atoms with Crippen LogP contribution in [0.25, 0.3) is 11.3 Å². The van der Waals surface area contributed by atoms with Crippen molar-refractivity contribution in [1.29, 1.82) is 0 Å². The molecule has 0 bridgehead atoms. The van der Waals surface area contributed by atoms with Gasteiger partial charge in [-0.3, -0.25) is 4.79 Å². The molecule has 1 fully saturated rings. The highest BCUT2D eigenvalue weighted by atomic mass is 19.1. The van der Waals surface area contributed by atoms with Crippen LogP contribution in [0.15, 0.2) is 28.8 Å². The van der Waals surface area contributed by atoms with Crippen LogP contribution in [0.4, 0.5) is 8.78 Å². The number of hydrogen-bond acceptors (Lipinski definition) is 3. The third-order valence-corrected chi connectivity index (χ3v) is 4.79. The predicted octanol–water partition coefficient (Wildman–Crippen LogP) is 4.78. The lowest BCUT2D eigenvalue weighted by Crippen LogP contribution is -2.35. The van der Waals surface area contributed by atoms with Gasteiger partial charge in [0.25, 0.3) is 0 Å². The first-order valence-corrected chi connectivity index (χ1v) is 9.31. The van der Waals surface area contributed by atoms with Crippen LogP contribution in [-0.2, 0) is 11.2 Å². The summed E-state index contributed by atoms with van der Waals surface area (Å²) in [5.41, 5.74) is 0.157. The fourth-order valence-corrected chi connectivity index (χ4v) is 3.36. The molecule has 1 aromatic carbocycles. The highest BCUT2D eigenvalue weighted by molar-refractivity contribution is 5.76. The first-order chi connectivity index (χ1) is 12.6. The van der Waals surface area contributed by atoms with Crippen molar-refractivity contribution in [2.75, 3.05) is 0 Å². The van der Waals surface area contributed by atoms with Crippen molar-refractivity contribution >= 4 is 5.91 Å². The third kappa shape index (κ3) is 5.13. The molecule has 1 N–H and O–H groups in total. The van der Waals surface area contributed by atoms with Crippen molar-refractivity contribution in [3.63, 3.8) is 0 Å². The summed E-state index contributed by atoms with van der Waals surface area (Å²) in [4.78, 5) is 16.3. The van der Waals surface area contributed by atoms with Crippen LogP contribution in [0.5, 0.6) is 0 Å². The molecule has 1 aromatic heterocycles. The summed E-state index contributed by atoms with van der Waals surface area (Å²) in [5, 5.41) is 3.10. The zero-order chi connectivity index (χ0) is 18.4. The van der Waals surface area contributed by atoms with E-state index in [9.17, 15) is 13.6 Å². The van der Waals surface area contributed by atoms with Crippen LogP contribution in [0.2, 0.25) is 0 Å². The van der Waals surface area contributed by atoms with Crippen molar-refractivity contribution in [1.82, 2.24) is 10.3 Å². The van der Waals surface area contributed by atoms with Gasteiger partial charge in [-0.2, -0.15) is 0 Å². The Bertz CT molecular complexity index is 737. The van der Waals surface area contributed by atoms with Gasteiger partial charge in [0.2, 0.25) is 5.91 Å². The van der Waals surface area contributed by atoms with Crippen LogP contribution >= 0.6 is 0 Å². The Kier molecular flexibility index (Phi) is 6.36. The lowest BCUT2D eigenvalue weighted by Gasteiger charge is -2.20. The molecule has 1 aliphatic carbocycles. The Morgan fingerprint density at radius 1 is 1.15 bits per heavy atom. The molecule has 4 nitrogen and oxygen atoms in total. The number of carbonyl (C=O) groups excluding carboxylic acids is 1. The van der Waals surface area contributed by atoms with Gasteiger partial charge in [0.15, 0.2) is 11.7 Å². The number of oxazole rings is 1. The van der Waals surface area contributed by atoms with Crippen LogP contribution in [0, 0.1) is 11.6 Å². The Labute approximate surface area is 152 Å². The molecule has 1 saturated carbocycles. The van der Waals surface area contributed by atoms with Crippen molar-refractivity contribution in [3.05, 3.63) is 41.9 Å². The van der Waals surface area contributed by atoms with Gasteiger partial charge in [-0.1, -0.05) is 32.1 Å². The topological polar surface area (TPSA) is 55.1 Å². The molecule has 1 heterocycles. The minimum atomic E-state index is -0.699. The van der Waals surface area contributed by atoms with Crippen molar-refractivity contribution in [2.45, 2.75) is 63.8 Å². The number of rotatable bonds is 5. The van der Waals surface area contributed by atoms with E-state index in [1.165, 1.54) is 37.6 Å². The minimum Gasteiger partial charge on any atom is -0.441 e. The second-order valence-corrected chi connectivity index (χ2v) is 6.85. The van der Waals surface area contributed by atoms with Crippen LogP contribution in [0.1, 0.15) is 57.3 Å². The monoisotopic (exact) mass is 362 g/mol. The summed E-state index contributed by atoms with van der Waals surface area (Å²) in [6.07, 6.45) is 10.2. The molecule has 0 unspecified atom stereocenters. The molecule has 0 aliphatic heterocycles. The van der Waals surface area contributed by atoms with E-state index in [1.54, 1.807) is 0 Å². The molecular formula is C20H24F2N2O2. The average molecular weight is 362 g/mol. The van der Waals surface area contributed by atoms with E-state index in [0.29, 0.717) is 12.3 Å². The summed E-state index contributed by atoms with van der Waals surface area (Å²) in [5.74, 6) is -0.746. The number of halogens is 2. The number of benzene rings is 1. The molecule has 1 amide bonds. The lowest BCUT2D eigenvalue weighted by molar-refractivity contribution is -0.122. The third-order valence-electron chi connectivity index (χ3n) is 4.79. The van der Waals surface area contributed by atoms with Crippen LogP contribution in [-0.4, -0.2) is 16.9 Å². The van der Waals surface area contributed by atoms with Gasteiger partial charge in [0, 0.05) is 24.9 Å². The quantitative estimate of drug-likeness (QED) is 0.833. The van der Waals surface area contributed by atoms with Gasteiger partial charge in [0.05, 0.1) is 11.8 Å². The van der Waals surface area contributed by atoms with E-state index in [4.69, 9.17) is 4.42 Å². The van der Waals surface area contributed by atoms with E-state index in [0.717, 1.165) is 31.7 Å². The van der Waals surface area contributed by atoms with Crippen LogP contribution < -0.4 is 5.32 Å². The van der Waals surface area contributed by atoms with Crippen molar-refractivity contribution < 1.29 is 18.0 Å². The summed E-state index contributed by atoms with van der Waals surface area (Å²) >= 11 is 0. The Hall–Kier alpha value is -2.24. The van der Waals surface area contributed by atoms with Gasteiger partial charge in [-0.05, 0) is 25.0 Å². The molecule has 26 heavy (non-hydrogen) atoms. The SMILES string of the molecule is O=C(CCc1ncc(-c2ccc(F)cc2F)o1)NC1CCCCCCC1. The fourth-order valence-electron chi connectivity index (χ4n) is 3.36. The predicted molar refractivity (Wildman–Crippen MR) is 94.4 cm³/mol. The second-order valence-electron chi connectivity index (χ2n) is 6.85. The number of carbonyl (C=O) groups is 1. The molecule has 0 atom stereocenters. The van der Waals surface area contributed by atoms with E-state index in [-0.39, 0.29) is 29.7 Å². The van der Waals surface area contributed by atoms with Crippen LogP contribution in [0.3, 0.4) is 0 Å². The molecule has 0 saturated heterocycles. The average Bonchev–Trinajstić information content (AvgIpc) is 3.04. The second kappa shape index (κ2) is 8.92. The molecule has 0 spiro atoms. The lowest BCUT2D eigenvalue weighted by atomic mass is 9.96. The molecule has 6 heteroatoms. The van der Waals surface area contributed by atoms with Gasteiger partial charge in [0.1, 0.15) is 11.6 Å².